The van der Waals surface area contributed by atoms with Crippen molar-refractivity contribution < 1.29 is 4.74 Å². The predicted octanol–water partition coefficient (Wildman–Crippen LogP) is 5.15. The van der Waals surface area contributed by atoms with Crippen LogP contribution in [0.4, 0.5) is 0 Å². The van der Waals surface area contributed by atoms with Crippen LogP contribution in [0.5, 0.6) is 5.75 Å². The molecule has 1 aromatic rings. The summed E-state index contributed by atoms with van der Waals surface area (Å²) in [5, 5.41) is 3.47. The zero-order valence-corrected chi connectivity index (χ0v) is 14.6. The molecule has 0 aliphatic rings. The molecule has 0 saturated carbocycles. The summed E-state index contributed by atoms with van der Waals surface area (Å²) in [5.74, 6) is 1.65. The van der Waals surface area contributed by atoms with E-state index in [4.69, 9.17) is 4.74 Å². The minimum Gasteiger partial charge on any atom is -0.494 e. The van der Waals surface area contributed by atoms with Gasteiger partial charge in [0.25, 0.3) is 0 Å². The summed E-state index contributed by atoms with van der Waals surface area (Å²) < 4.78 is 6.97. The summed E-state index contributed by atoms with van der Waals surface area (Å²) in [6.07, 6.45) is 4.97. The molecule has 1 N–H and O–H groups in total. The second kappa shape index (κ2) is 10.2. The molecule has 114 valence electrons. The SMILES string of the molecule is CCCCCCOc1ccc(Br)c(CNCC(C)C)c1. The van der Waals surface area contributed by atoms with Gasteiger partial charge in [-0.3, -0.25) is 0 Å². The minimum absolute atomic E-state index is 0.673. The Labute approximate surface area is 132 Å². The van der Waals surface area contributed by atoms with Crippen molar-refractivity contribution in [1.82, 2.24) is 5.32 Å². The fourth-order valence-corrected chi connectivity index (χ4v) is 2.38. The van der Waals surface area contributed by atoms with Gasteiger partial charge in [-0.25, -0.2) is 0 Å². The maximum atomic E-state index is 5.83. The topological polar surface area (TPSA) is 21.3 Å². The molecule has 20 heavy (non-hydrogen) atoms. The highest BCUT2D eigenvalue weighted by atomic mass is 79.9. The number of hydrogen-bond acceptors (Lipinski definition) is 2. The second-order valence-electron chi connectivity index (χ2n) is 5.69. The Bertz CT molecular complexity index is 379. The molecule has 0 aliphatic carbocycles. The molecule has 0 atom stereocenters. The average molecular weight is 342 g/mol. The van der Waals surface area contributed by atoms with Crippen molar-refractivity contribution in [2.75, 3.05) is 13.2 Å². The molecule has 1 rings (SSSR count). The summed E-state index contributed by atoms with van der Waals surface area (Å²) in [7, 11) is 0. The molecule has 3 heteroatoms. The Kier molecular flexibility index (Phi) is 8.95. The molecule has 0 aliphatic heterocycles. The van der Waals surface area contributed by atoms with Crippen LogP contribution < -0.4 is 10.1 Å². The van der Waals surface area contributed by atoms with Crippen LogP contribution in [0.25, 0.3) is 0 Å². The lowest BCUT2D eigenvalue weighted by Crippen LogP contribution is -2.19. The Hall–Kier alpha value is -0.540. The molecule has 0 amide bonds. The number of ether oxygens (including phenoxy) is 1. The molecule has 1 aromatic carbocycles. The van der Waals surface area contributed by atoms with Crippen molar-refractivity contribution in [1.29, 1.82) is 0 Å². The van der Waals surface area contributed by atoms with Gasteiger partial charge < -0.3 is 10.1 Å². The molecular weight excluding hydrogens is 314 g/mol. The van der Waals surface area contributed by atoms with Gasteiger partial charge >= 0.3 is 0 Å². The number of nitrogens with one attached hydrogen (secondary N) is 1. The number of rotatable bonds is 10. The molecule has 0 bridgehead atoms. The molecule has 0 aromatic heterocycles. The van der Waals surface area contributed by atoms with Gasteiger partial charge in [-0.1, -0.05) is 56.0 Å². The summed E-state index contributed by atoms with van der Waals surface area (Å²) in [6.45, 7) is 9.41. The first-order valence-corrected chi connectivity index (χ1v) is 8.54. The Morgan fingerprint density at radius 2 is 2.00 bits per heavy atom. The van der Waals surface area contributed by atoms with Crippen molar-refractivity contribution in [3.05, 3.63) is 28.2 Å². The number of unbranched alkanes of at least 4 members (excludes halogenated alkanes) is 3. The van der Waals surface area contributed by atoms with Gasteiger partial charge in [-0.05, 0) is 42.6 Å². The Balaban J connectivity index is 2.40. The molecule has 0 saturated heterocycles. The van der Waals surface area contributed by atoms with Gasteiger partial charge in [-0.2, -0.15) is 0 Å². The van der Waals surface area contributed by atoms with Crippen LogP contribution in [0.2, 0.25) is 0 Å². The summed E-state index contributed by atoms with van der Waals surface area (Å²) in [6, 6.07) is 6.25. The van der Waals surface area contributed by atoms with E-state index in [1.807, 2.05) is 6.07 Å². The fourth-order valence-electron chi connectivity index (χ4n) is 1.99. The van der Waals surface area contributed by atoms with Crippen molar-refractivity contribution in [3.63, 3.8) is 0 Å². The number of hydrogen-bond donors (Lipinski definition) is 1. The monoisotopic (exact) mass is 341 g/mol. The first kappa shape index (κ1) is 17.5. The van der Waals surface area contributed by atoms with Crippen molar-refractivity contribution in [2.24, 2.45) is 5.92 Å². The number of benzene rings is 1. The third-order valence-electron chi connectivity index (χ3n) is 3.15. The molecular formula is C17H28BrNO. The molecule has 0 spiro atoms. The molecule has 0 heterocycles. The minimum atomic E-state index is 0.673. The third kappa shape index (κ3) is 7.30. The van der Waals surface area contributed by atoms with Crippen LogP contribution in [0.1, 0.15) is 52.0 Å². The third-order valence-corrected chi connectivity index (χ3v) is 3.93. The first-order valence-electron chi connectivity index (χ1n) is 7.75. The Morgan fingerprint density at radius 1 is 1.20 bits per heavy atom. The summed E-state index contributed by atoms with van der Waals surface area (Å²) >= 11 is 3.60. The zero-order valence-electron chi connectivity index (χ0n) is 13.0. The van der Waals surface area contributed by atoms with Gasteiger partial charge in [0.2, 0.25) is 0 Å². The first-order chi connectivity index (χ1) is 9.63. The van der Waals surface area contributed by atoms with E-state index in [1.165, 1.54) is 24.8 Å². The highest BCUT2D eigenvalue weighted by Crippen LogP contribution is 2.23. The van der Waals surface area contributed by atoms with E-state index in [9.17, 15) is 0 Å². The average Bonchev–Trinajstić information content (AvgIpc) is 2.41. The van der Waals surface area contributed by atoms with E-state index in [1.54, 1.807) is 0 Å². The second-order valence-corrected chi connectivity index (χ2v) is 6.54. The highest BCUT2D eigenvalue weighted by Gasteiger charge is 2.03. The fraction of sp³-hybridized carbons (Fsp3) is 0.647. The standard InChI is InChI=1S/C17H28BrNO/c1-4-5-6-7-10-20-16-8-9-17(18)15(11-16)13-19-12-14(2)3/h8-9,11,14,19H,4-7,10,12-13H2,1-3H3. The smallest absolute Gasteiger partial charge is 0.119 e. The van der Waals surface area contributed by atoms with Crippen LogP contribution in [-0.2, 0) is 6.54 Å². The van der Waals surface area contributed by atoms with Gasteiger partial charge in [0, 0.05) is 11.0 Å². The molecule has 2 nitrogen and oxygen atoms in total. The van der Waals surface area contributed by atoms with Crippen molar-refractivity contribution >= 4 is 15.9 Å². The van der Waals surface area contributed by atoms with E-state index >= 15 is 0 Å². The van der Waals surface area contributed by atoms with Crippen LogP contribution >= 0.6 is 15.9 Å². The Morgan fingerprint density at radius 3 is 2.70 bits per heavy atom. The lowest BCUT2D eigenvalue weighted by Gasteiger charge is -2.12. The van der Waals surface area contributed by atoms with E-state index in [0.29, 0.717) is 5.92 Å². The van der Waals surface area contributed by atoms with Crippen molar-refractivity contribution in [2.45, 2.75) is 53.0 Å². The quantitative estimate of drug-likeness (QED) is 0.594. The molecule has 0 unspecified atom stereocenters. The van der Waals surface area contributed by atoms with Crippen LogP contribution in [0.15, 0.2) is 22.7 Å². The van der Waals surface area contributed by atoms with E-state index in [-0.39, 0.29) is 0 Å². The molecule has 0 fully saturated rings. The van der Waals surface area contributed by atoms with Crippen LogP contribution in [0.3, 0.4) is 0 Å². The van der Waals surface area contributed by atoms with Gasteiger partial charge in [0.1, 0.15) is 5.75 Å². The van der Waals surface area contributed by atoms with Gasteiger partial charge in [0.05, 0.1) is 6.61 Å². The van der Waals surface area contributed by atoms with Crippen LogP contribution in [-0.4, -0.2) is 13.2 Å². The molecule has 0 radical (unpaired) electrons. The van der Waals surface area contributed by atoms with Gasteiger partial charge in [0.15, 0.2) is 0 Å². The van der Waals surface area contributed by atoms with E-state index in [0.717, 1.165) is 36.3 Å². The maximum Gasteiger partial charge on any atom is 0.119 e. The maximum absolute atomic E-state index is 5.83. The lowest BCUT2D eigenvalue weighted by molar-refractivity contribution is 0.304. The van der Waals surface area contributed by atoms with E-state index < -0.39 is 0 Å². The summed E-state index contributed by atoms with van der Waals surface area (Å²) in [5.41, 5.74) is 1.26. The largest absolute Gasteiger partial charge is 0.494 e. The lowest BCUT2D eigenvalue weighted by atomic mass is 10.2. The van der Waals surface area contributed by atoms with Crippen molar-refractivity contribution in [3.8, 4) is 5.75 Å². The number of halogens is 1. The predicted molar refractivity (Wildman–Crippen MR) is 90.3 cm³/mol. The summed E-state index contributed by atoms with van der Waals surface area (Å²) in [4.78, 5) is 0. The van der Waals surface area contributed by atoms with E-state index in [2.05, 4.69) is 54.2 Å². The van der Waals surface area contributed by atoms with Gasteiger partial charge in [-0.15, -0.1) is 0 Å². The van der Waals surface area contributed by atoms with Crippen LogP contribution in [0, 0.1) is 5.92 Å². The highest BCUT2D eigenvalue weighted by molar-refractivity contribution is 9.10. The normalized spacial score (nSPS) is 11.1. The zero-order chi connectivity index (χ0) is 14.8.